The third-order valence-corrected chi connectivity index (χ3v) is 3.41. The number of carbonyl (C=O) groups is 1. The van der Waals surface area contributed by atoms with E-state index in [4.69, 9.17) is 4.74 Å². The molecule has 4 unspecified atom stereocenters. The number of carbonyl (C=O) groups excluding carboxylic acids is 1. The normalized spacial score (nSPS) is 42.3. The summed E-state index contributed by atoms with van der Waals surface area (Å²) in [7, 11) is 1.68. The van der Waals surface area contributed by atoms with Crippen LogP contribution in [0.1, 0.15) is 19.3 Å². The number of ketones is 1. The largest absolute Gasteiger partial charge is 0.393 e. The maximum absolute atomic E-state index is 11.3. The fourth-order valence-corrected chi connectivity index (χ4v) is 2.62. The van der Waals surface area contributed by atoms with E-state index >= 15 is 0 Å². The van der Waals surface area contributed by atoms with Gasteiger partial charge in [0.15, 0.2) is 5.78 Å². The van der Waals surface area contributed by atoms with E-state index < -0.39 is 0 Å². The van der Waals surface area contributed by atoms with E-state index in [2.05, 4.69) is 0 Å². The van der Waals surface area contributed by atoms with Crippen molar-refractivity contribution in [3.63, 3.8) is 0 Å². The molecule has 0 aromatic carbocycles. The first-order chi connectivity index (χ1) is 6.72. The highest BCUT2D eigenvalue weighted by atomic mass is 16.5. The molecule has 2 aliphatic carbocycles. The first-order valence-corrected chi connectivity index (χ1v) is 5.14. The van der Waals surface area contributed by atoms with E-state index in [1.807, 2.05) is 6.08 Å². The molecule has 0 aromatic heterocycles. The fraction of sp³-hybridized carbons (Fsp3) is 0.727. The van der Waals surface area contributed by atoms with Gasteiger partial charge in [0.1, 0.15) is 0 Å². The van der Waals surface area contributed by atoms with E-state index in [-0.39, 0.29) is 29.8 Å². The van der Waals surface area contributed by atoms with Gasteiger partial charge in [0, 0.05) is 25.4 Å². The lowest BCUT2D eigenvalue weighted by Gasteiger charge is -2.40. The number of allylic oxidation sites excluding steroid dienone is 1. The van der Waals surface area contributed by atoms with Crippen molar-refractivity contribution in [1.82, 2.24) is 0 Å². The molecular weight excluding hydrogens is 180 g/mol. The molecule has 0 radical (unpaired) electrons. The van der Waals surface area contributed by atoms with Gasteiger partial charge in [-0.25, -0.2) is 0 Å². The van der Waals surface area contributed by atoms with Gasteiger partial charge in [-0.1, -0.05) is 6.08 Å². The van der Waals surface area contributed by atoms with Gasteiger partial charge in [-0.3, -0.25) is 4.79 Å². The third kappa shape index (κ3) is 1.62. The van der Waals surface area contributed by atoms with Crippen LogP contribution in [-0.4, -0.2) is 30.2 Å². The molecule has 1 fully saturated rings. The minimum atomic E-state index is -0.296. The average molecular weight is 196 g/mol. The van der Waals surface area contributed by atoms with E-state index in [0.717, 1.165) is 12.8 Å². The van der Waals surface area contributed by atoms with Crippen LogP contribution in [0, 0.1) is 11.8 Å². The maximum Gasteiger partial charge on any atom is 0.155 e. The van der Waals surface area contributed by atoms with Crippen molar-refractivity contribution >= 4 is 5.78 Å². The number of hydrogen-bond donors (Lipinski definition) is 1. The van der Waals surface area contributed by atoms with Crippen molar-refractivity contribution in [2.75, 3.05) is 7.11 Å². The maximum atomic E-state index is 11.3. The van der Waals surface area contributed by atoms with Gasteiger partial charge in [-0.15, -0.1) is 0 Å². The molecular formula is C11H16O3. The summed E-state index contributed by atoms with van der Waals surface area (Å²) >= 11 is 0. The van der Waals surface area contributed by atoms with Gasteiger partial charge in [-0.05, 0) is 18.9 Å². The molecule has 2 aliphatic rings. The smallest absolute Gasteiger partial charge is 0.155 e. The van der Waals surface area contributed by atoms with Crippen LogP contribution >= 0.6 is 0 Å². The predicted octanol–water partition coefficient (Wildman–Crippen LogP) is 0.917. The molecule has 0 heterocycles. The first kappa shape index (κ1) is 9.87. The van der Waals surface area contributed by atoms with E-state index in [1.54, 1.807) is 13.2 Å². The van der Waals surface area contributed by atoms with Gasteiger partial charge >= 0.3 is 0 Å². The summed E-state index contributed by atoms with van der Waals surface area (Å²) in [6.45, 7) is 0. The molecule has 1 N–H and O–H groups in total. The Balaban J connectivity index is 2.19. The van der Waals surface area contributed by atoms with E-state index in [9.17, 15) is 9.90 Å². The minimum absolute atomic E-state index is 0.117. The molecule has 0 amide bonds. The number of aliphatic hydroxyl groups excluding tert-OH is 1. The van der Waals surface area contributed by atoms with Gasteiger partial charge in [0.05, 0.1) is 12.2 Å². The van der Waals surface area contributed by atoms with E-state index in [1.165, 1.54) is 0 Å². The SMILES string of the molecule is COC1CCC(O)C2C=CC(=O)CC12. The molecule has 0 aromatic rings. The molecule has 0 saturated heterocycles. The molecule has 14 heavy (non-hydrogen) atoms. The summed E-state index contributed by atoms with van der Waals surface area (Å²) in [5, 5.41) is 9.79. The highest BCUT2D eigenvalue weighted by molar-refractivity contribution is 5.90. The number of hydrogen-bond acceptors (Lipinski definition) is 3. The van der Waals surface area contributed by atoms with Crippen LogP contribution in [0.15, 0.2) is 12.2 Å². The number of methoxy groups -OCH3 is 1. The van der Waals surface area contributed by atoms with Crippen LogP contribution in [-0.2, 0) is 9.53 Å². The third-order valence-electron chi connectivity index (χ3n) is 3.41. The standard InChI is InChI=1S/C11H16O3/c1-14-11-5-4-10(13)8-3-2-7(12)6-9(8)11/h2-3,8-11,13H,4-6H2,1H3. The van der Waals surface area contributed by atoms with E-state index in [0.29, 0.717) is 6.42 Å². The van der Waals surface area contributed by atoms with Crippen LogP contribution < -0.4 is 0 Å². The van der Waals surface area contributed by atoms with Crippen molar-refractivity contribution in [2.24, 2.45) is 11.8 Å². The first-order valence-electron chi connectivity index (χ1n) is 5.14. The predicted molar refractivity (Wildman–Crippen MR) is 51.8 cm³/mol. The van der Waals surface area contributed by atoms with Crippen LogP contribution in [0.2, 0.25) is 0 Å². The lowest BCUT2D eigenvalue weighted by Crippen LogP contribution is -2.43. The van der Waals surface area contributed by atoms with Gasteiger partial charge in [0.25, 0.3) is 0 Å². The molecule has 78 valence electrons. The number of rotatable bonds is 1. The summed E-state index contributed by atoms with van der Waals surface area (Å²) < 4.78 is 5.36. The summed E-state index contributed by atoms with van der Waals surface area (Å²) in [6, 6.07) is 0. The Kier molecular flexibility index (Phi) is 2.70. The highest BCUT2D eigenvalue weighted by Gasteiger charge is 2.39. The summed E-state index contributed by atoms with van der Waals surface area (Å²) in [4.78, 5) is 11.3. The second kappa shape index (κ2) is 3.83. The van der Waals surface area contributed by atoms with Crippen LogP contribution in [0.4, 0.5) is 0 Å². The van der Waals surface area contributed by atoms with Crippen molar-refractivity contribution in [1.29, 1.82) is 0 Å². The van der Waals surface area contributed by atoms with Gasteiger partial charge < -0.3 is 9.84 Å². The average Bonchev–Trinajstić information content (AvgIpc) is 2.18. The monoisotopic (exact) mass is 196 g/mol. The van der Waals surface area contributed by atoms with Crippen molar-refractivity contribution in [2.45, 2.75) is 31.5 Å². The second-order valence-electron chi connectivity index (χ2n) is 4.19. The van der Waals surface area contributed by atoms with Crippen molar-refractivity contribution < 1.29 is 14.6 Å². The topological polar surface area (TPSA) is 46.5 Å². The van der Waals surface area contributed by atoms with Crippen LogP contribution in [0.25, 0.3) is 0 Å². The quantitative estimate of drug-likeness (QED) is 0.678. The summed E-state index contributed by atoms with van der Waals surface area (Å²) in [6.07, 6.45) is 5.46. The fourth-order valence-electron chi connectivity index (χ4n) is 2.62. The van der Waals surface area contributed by atoms with Gasteiger partial charge in [-0.2, -0.15) is 0 Å². The van der Waals surface area contributed by atoms with Crippen molar-refractivity contribution in [3.05, 3.63) is 12.2 Å². The zero-order valence-corrected chi connectivity index (χ0v) is 8.35. The summed E-state index contributed by atoms with van der Waals surface area (Å²) in [5.41, 5.74) is 0. The molecule has 4 atom stereocenters. The molecule has 3 heteroatoms. The zero-order chi connectivity index (χ0) is 10.1. The Hall–Kier alpha value is -0.670. The Morgan fingerprint density at radius 3 is 3.00 bits per heavy atom. The second-order valence-corrected chi connectivity index (χ2v) is 4.19. The minimum Gasteiger partial charge on any atom is -0.393 e. The molecule has 0 spiro atoms. The lowest BCUT2D eigenvalue weighted by atomic mass is 9.70. The summed E-state index contributed by atoms with van der Waals surface area (Å²) in [5.74, 6) is 0.454. The molecule has 3 nitrogen and oxygen atoms in total. The Bertz CT molecular complexity index is 259. The zero-order valence-electron chi connectivity index (χ0n) is 8.35. The Morgan fingerprint density at radius 1 is 1.50 bits per heavy atom. The molecule has 0 aliphatic heterocycles. The molecule has 0 bridgehead atoms. The Labute approximate surface area is 83.8 Å². The number of aliphatic hydroxyl groups is 1. The van der Waals surface area contributed by atoms with Crippen LogP contribution in [0.5, 0.6) is 0 Å². The van der Waals surface area contributed by atoms with Gasteiger partial charge in [0.2, 0.25) is 0 Å². The molecule has 1 saturated carbocycles. The number of fused-ring (bicyclic) bond motifs is 1. The lowest BCUT2D eigenvalue weighted by molar-refractivity contribution is -0.121. The Morgan fingerprint density at radius 2 is 2.29 bits per heavy atom. The van der Waals surface area contributed by atoms with Crippen LogP contribution in [0.3, 0.4) is 0 Å². The highest BCUT2D eigenvalue weighted by Crippen LogP contribution is 2.37. The molecule has 2 rings (SSSR count). The van der Waals surface area contributed by atoms with Crippen molar-refractivity contribution in [3.8, 4) is 0 Å². The number of ether oxygens (including phenoxy) is 1.